The molecule has 1 heterocycles. The number of amides is 2. The fraction of sp³-hybridized carbons (Fsp3) is 0.350. The van der Waals surface area contributed by atoms with E-state index in [9.17, 15) is 22.8 Å². The van der Waals surface area contributed by atoms with Crippen LogP contribution in [0.5, 0.6) is 0 Å². The molecule has 0 saturated carbocycles. The summed E-state index contributed by atoms with van der Waals surface area (Å²) in [6.45, 7) is 2.82. The van der Waals surface area contributed by atoms with E-state index < -0.39 is 40.5 Å². The second kappa shape index (κ2) is 10.2. The largest absolute Gasteiger partial charge is 0.459 e. The smallest absolute Gasteiger partial charge is 0.329 e. The monoisotopic (exact) mass is 451 g/mol. The van der Waals surface area contributed by atoms with Gasteiger partial charge >= 0.3 is 5.97 Å². The van der Waals surface area contributed by atoms with Gasteiger partial charge in [0, 0.05) is 19.8 Å². The number of rotatable bonds is 9. The topological polar surface area (TPSA) is 135 Å². The predicted octanol–water partition coefficient (Wildman–Crippen LogP) is 1.47. The Bertz CT molecular complexity index is 1030. The zero-order valence-electron chi connectivity index (χ0n) is 17.6. The molecule has 2 aromatic rings. The maximum Gasteiger partial charge on any atom is 0.329 e. The van der Waals surface area contributed by atoms with Crippen LogP contribution in [0.1, 0.15) is 24.4 Å². The molecule has 1 unspecified atom stereocenters. The number of hydrogen-bond acceptors (Lipinski definition) is 7. The van der Waals surface area contributed by atoms with Gasteiger partial charge in [0.05, 0.1) is 11.2 Å². The number of esters is 1. The number of carbonyl (C=O) groups is 3. The Hall–Kier alpha value is -3.18. The number of ether oxygens (including phenoxy) is 1. The van der Waals surface area contributed by atoms with Crippen molar-refractivity contribution in [1.82, 2.24) is 9.62 Å². The molecule has 0 aliphatic heterocycles. The van der Waals surface area contributed by atoms with Crippen LogP contribution < -0.4 is 10.6 Å². The van der Waals surface area contributed by atoms with Gasteiger partial charge in [0.1, 0.15) is 6.04 Å². The van der Waals surface area contributed by atoms with Gasteiger partial charge < -0.3 is 19.8 Å². The van der Waals surface area contributed by atoms with Gasteiger partial charge in [-0.05, 0) is 36.2 Å². The van der Waals surface area contributed by atoms with Crippen molar-refractivity contribution in [2.45, 2.75) is 24.8 Å². The first kappa shape index (κ1) is 24.1. The Kier molecular flexibility index (Phi) is 7.95. The lowest BCUT2D eigenvalue weighted by Crippen LogP contribution is -2.45. The highest BCUT2D eigenvalue weighted by Gasteiger charge is 2.27. The van der Waals surface area contributed by atoms with Crippen molar-refractivity contribution >= 4 is 33.5 Å². The van der Waals surface area contributed by atoms with E-state index in [1.54, 1.807) is 19.9 Å². The van der Waals surface area contributed by atoms with Crippen molar-refractivity contribution in [3.05, 3.63) is 48.4 Å². The minimum absolute atomic E-state index is 0.00723. The summed E-state index contributed by atoms with van der Waals surface area (Å²) >= 11 is 0. The molecule has 0 bridgehead atoms. The van der Waals surface area contributed by atoms with Gasteiger partial charge in [-0.3, -0.25) is 9.59 Å². The standard InChI is InChI=1S/C20H25N3O7S/c1-13(2)18(22-19(25)16-9-6-10-29-16)20(26)30-12-17(24)21-14-7-5-8-15(11-14)31(27,28)23(3)4/h5-11,13,18H,12H2,1-4H3,(H,21,24)(H,22,25). The first-order valence-electron chi connectivity index (χ1n) is 9.36. The minimum Gasteiger partial charge on any atom is -0.459 e. The third-order valence-corrected chi connectivity index (χ3v) is 6.01. The molecule has 1 aromatic carbocycles. The van der Waals surface area contributed by atoms with E-state index in [0.29, 0.717) is 0 Å². The Morgan fingerprint density at radius 2 is 1.84 bits per heavy atom. The maximum atomic E-state index is 12.4. The summed E-state index contributed by atoms with van der Waals surface area (Å²) in [4.78, 5) is 36.7. The molecular formula is C20H25N3O7S. The molecule has 31 heavy (non-hydrogen) atoms. The first-order valence-corrected chi connectivity index (χ1v) is 10.8. The third kappa shape index (κ3) is 6.40. The summed E-state index contributed by atoms with van der Waals surface area (Å²) in [5.41, 5.74) is 0.232. The maximum absolute atomic E-state index is 12.4. The fourth-order valence-corrected chi connectivity index (χ4v) is 3.43. The fourth-order valence-electron chi connectivity index (χ4n) is 2.49. The number of sulfonamides is 1. The molecule has 10 nitrogen and oxygen atoms in total. The van der Waals surface area contributed by atoms with Gasteiger partial charge in [-0.15, -0.1) is 0 Å². The van der Waals surface area contributed by atoms with Crippen LogP contribution in [0.4, 0.5) is 5.69 Å². The second-order valence-corrected chi connectivity index (χ2v) is 9.30. The quantitative estimate of drug-likeness (QED) is 0.551. The molecule has 0 aliphatic rings. The summed E-state index contributed by atoms with van der Waals surface area (Å²) in [6, 6.07) is 7.71. The third-order valence-electron chi connectivity index (χ3n) is 4.19. The van der Waals surface area contributed by atoms with Crippen molar-refractivity contribution < 1.29 is 32.0 Å². The Morgan fingerprint density at radius 1 is 1.13 bits per heavy atom. The summed E-state index contributed by atoms with van der Waals surface area (Å²) in [5, 5.41) is 4.99. The van der Waals surface area contributed by atoms with E-state index in [1.807, 2.05) is 0 Å². The summed E-state index contributed by atoms with van der Waals surface area (Å²) in [6.07, 6.45) is 1.33. The van der Waals surface area contributed by atoms with Gasteiger partial charge in [-0.1, -0.05) is 19.9 Å². The van der Waals surface area contributed by atoms with E-state index in [1.165, 1.54) is 50.7 Å². The number of nitrogens with zero attached hydrogens (tertiary/aromatic N) is 1. The molecule has 1 aromatic heterocycles. The molecule has 11 heteroatoms. The van der Waals surface area contributed by atoms with E-state index in [4.69, 9.17) is 9.15 Å². The van der Waals surface area contributed by atoms with E-state index in [-0.39, 0.29) is 22.3 Å². The SMILES string of the molecule is CC(C)C(NC(=O)c1ccco1)C(=O)OCC(=O)Nc1cccc(S(=O)(=O)N(C)C)c1. The molecule has 0 fully saturated rings. The average Bonchev–Trinajstić information content (AvgIpc) is 3.25. The summed E-state index contributed by atoms with van der Waals surface area (Å²) in [5.74, 6) is -2.28. The molecule has 0 spiro atoms. The van der Waals surface area contributed by atoms with Crippen molar-refractivity contribution in [2.24, 2.45) is 5.92 Å². The van der Waals surface area contributed by atoms with Crippen molar-refractivity contribution in [3.8, 4) is 0 Å². The predicted molar refractivity (Wildman–Crippen MR) is 112 cm³/mol. The van der Waals surface area contributed by atoms with E-state index >= 15 is 0 Å². The Labute approximate surface area is 180 Å². The van der Waals surface area contributed by atoms with Crippen LogP contribution in [0.15, 0.2) is 52.0 Å². The average molecular weight is 452 g/mol. The van der Waals surface area contributed by atoms with Gasteiger partial charge in [0.25, 0.3) is 11.8 Å². The lowest BCUT2D eigenvalue weighted by Gasteiger charge is -2.20. The first-order chi connectivity index (χ1) is 14.5. The van der Waals surface area contributed by atoms with Crippen LogP contribution in [0.25, 0.3) is 0 Å². The van der Waals surface area contributed by atoms with Gasteiger partial charge in [0.15, 0.2) is 12.4 Å². The molecule has 2 amide bonds. The zero-order valence-corrected chi connectivity index (χ0v) is 18.4. The number of nitrogens with one attached hydrogen (secondary N) is 2. The highest BCUT2D eigenvalue weighted by Crippen LogP contribution is 2.18. The number of furan rings is 1. The second-order valence-electron chi connectivity index (χ2n) is 7.14. The molecule has 1 atom stereocenters. The minimum atomic E-state index is -3.66. The van der Waals surface area contributed by atoms with Crippen LogP contribution in [0.3, 0.4) is 0 Å². The van der Waals surface area contributed by atoms with Crippen molar-refractivity contribution in [2.75, 3.05) is 26.0 Å². The number of hydrogen-bond donors (Lipinski definition) is 2. The van der Waals surface area contributed by atoms with Crippen LogP contribution in [-0.2, 0) is 24.3 Å². The van der Waals surface area contributed by atoms with Gasteiger partial charge in [-0.2, -0.15) is 0 Å². The van der Waals surface area contributed by atoms with Crippen LogP contribution >= 0.6 is 0 Å². The highest BCUT2D eigenvalue weighted by atomic mass is 32.2. The van der Waals surface area contributed by atoms with Crippen LogP contribution in [-0.4, -0.2) is 57.3 Å². The number of benzene rings is 1. The summed E-state index contributed by atoms with van der Waals surface area (Å²) < 4.78 is 35.5. The van der Waals surface area contributed by atoms with Crippen LogP contribution in [0, 0.1) is 5.92 Å². The van der Waals surface area contributed by atoms with Crippen LogP contribution in [0.2, 0.25) is 0 Å². The van der Waals surface area contributed by atoms with Crippen molar-refractivity contribution in [1.29, 1.82) is 0 Å². The molecule has 168 valence electrons. The Morgan fingerprint density at radius 3 is 2.42 bits per heavy atom. The molecular weight excluding hydrogens is 426 g/mol. The number of carbonyl (C=O) groups excluding carboxylic acids is 3. The lowest BCUT2D eigenvalue weighted by atomic mass is 10.0. The summed E-state index contributed by atoms with van der Waals surface area (Å²) in [7, 11) is -0.866. The molecule has 2 N–H and O–H groups in total. The molecule has 0 saturated heterocycles. The Balaban J connectivity index is 1.96. The highest BCUT2D eigenvalue weighted by molar-refractivity contribution is 7.89. The number of anilines is 1. The zero-order chi connectivity index (χ0) is 23.2. The van der Waals surface area contributed by atoms with Gasteiger partial charge in [-0.25, -0.2) is 17.5 Å². The van der Waals surface area contributed by atoms with E-state index in [2.05, 4.69) is 10.6 Å². The van der Waals surface area contributed by atoms with Gasteiger partial charge in [0.2, 0.25) is 10.0 Å². The molecule has 0 aliphatic carbocycles. The lowest BCUT2D eigenvalue weighted by molar-refractivity contribution is -0.150. The normalized spacial score (nSPS) is 12.5. The molecule has 2 rings (SSSR count). The van der Waals surface area contributed by atoms with E-state index in [0.717, 1.165) is 4.31 Å². The van der Waals surface area contributed by atoms with Crippen molar-refractivity contribution in [3.63, 3.8) is 0 Å². The molecule has 0 radical (unpaired) electrons.